The Balaban J connectivity index is 1.52. The van der Waals surface area contributed by atoms with Gasteiger partial charge in [0.2, 0.25) is 5.13 Å². The third kappa shape index (κ3) is 3.38. The van der Waals surface area contributed by atoms with Gasteiger partial charge in [-0.3, -0.25) is 4.79 Å². The number of halogens is 1. The predicted molar refractivity (Wildman–Crippen MR) is 100 cm³/mol. The zero-order chi connectivity index (χ0) is 17.2. The maximum atomic E-state index is 12.1. The summed E-state index contributed by atoms with van der Waals surface area (Å²) in [4.78, 5) is 19.3. The number of H-pyrrole nitrogens is 1. The van der Waals surface area contributed by atoms with Gasteiger partial charge < -0.3 is 10.3 Å². The van der Waals surface area contributed by atoms with E-state index in [4.69, 9.17) is 11.6 Å². The Morgan fingerprint density at radius 2 is 1.88 bits per heavy atom. The molecular formula is C17H12ClN5OS. The van der Waals surface area contributed by atoms with E-state index in [1.54, 1.807) is 6.07 Å². The number of fused-ring (bicyclic) bond motifs is 1. The standard InChI is InChI=1S/C17H12ClN5OS/c18-11-7-5-10(6-8-11)16-22-23-17(25-16)19-9-14-20-13-4-2-1-3-12(13)15(24)21-14/h1-8H,9H2,(H,19,23)(H,20,21,24). The highest BCUT2D eigenvalue weighted by Gasteiger charge is 2.08. The van der Waals surface area contributed by atoms with E-state index in [0.29, 0.717) is 33.4 Å². The van der Waals surface area contributed by atoms with Gasteiger partial charge in [0.25, 0.3) is 5.56 Å². The number of benzene rings is 2. The molecule has 0 atom stereocenters. The average molecular weight is 370 g/mol. The summed E-state index contributed by atoms with van der Waals surface area (Å²) in [6.45, 7) is 0.356. The van der Waals surface area contributed by atoms with Crippen molar-refractivity contribution in [3.63, 3.8) is 0 Å². The molecule has 8 heteroatoms. The summed E-state index contributed by atoms with van der Waals surface area (Å²) in [5, 5.41) is 14.1. The molecule has 0 unspecified atom stereocenters. The molecule has 0 aliphatic rings. The van der Waals surface area contributed by atoms with E-state index in [1.807, 2.05) is 42.5 Å². The van der Waals surface area contributed by atoms with E-state index in [0.717, 1.165) is 10.6 Å². The van der Waals surface area contributed by atoms with Crippen molar-refractivity contribution in [2.75, 3.05) is 5.32 Å². The Kier molecular flexibility index (Phi) is 4.17. The van der Waals surface area contributed by atoms with Crippen molar-refractivity contribution in [1.29, 1.82) is 0 Å². The van der Waals surface area contributed by atoms with Crippen LogP contribution in [-0.2, 0) is 6.54 Å². The number of hydrogen-bond acceptors (Lipinski definition) is 6. The van der Waals surface area contributed by atoms with Gasteiger partial charge in [-0.1, -0.05) is 47.2 Å². The summed E-state index contributed by atoms with van der Waals surface area (Å²) < 4.78 is 0. The molecule has 0 aliphatic carbocycles. The Labute approximate surface area is 151 Å². The smallest absolute Gasteiger partial charge is 0.258 e. The molecule has 2 aromatic carbocycles. The summed E-state index contributed by atoms with van der Waals surface area (Å²) in [5.41, 5.74) is 1.47. The van der Waals surface area contributed by atoms with Crippen molar-refractivity contribution in [1.82, 2.24) is 20.2 Å². The lowest BCUT2D eigenvalue weighted by atomic mass is 10.2. The van der Waals surface area contributed by atoms with Crippen LogP contribution in [0, 0.1) is 0 Å². The van der Waals surface area contributed by atoms with Crippen LogP contribution >= 0.6 is 22.9 Å². The monoisotopic (exact) mass is 369 g/mol. The highest BCUT2D eigenvalue weighted by atomic mass is 35.5. The number of hydrogen-bond donors (Lipinski definition) is 2. The molecular weight excluding hydrogens is 358 g/mol. The number of aromatic nitrogens is 4. The third-order valence-electron chi connectivity index (χ3n) is 3.59. The van der Waals surface area contributed by atoms with Crippen LogP contribution in [0.2, 0.25) is 5.02 Å². The maximum absolute atomic E-state index is 12.1. The van der Waals surface area contributed by atoms with Crippen molar-refractivity contribution >= 4 is 39.0 Å². The molecule has 4 rings (SSSR count). The number of rotatable bonds is 4. The van der Waals surface area contributed by atoms with Crippen LogP contribution in [0.1, 0.15) is 5.82 Å². The fraction of sp³-hybridized carbons (Fsp3) is 0.0588. The van der Waals surface area contributed by atoms with Crippen LogP contribution in [0.25, 0.3) is 21.5 Å². The van der Waals surface area contributed by atoms with E-state index in [-0.39, 0.29) is 5.56 Å². The van der Waals surface area contributed by atoms with Crippen molar-refractivity contribution in [2.45, 2.75) is 6.54 Å². The number of para-hydroxylation sites is 1. The predicted octanol–water partition coefficient (Wildman–Crippen LogP) is 3.71. The second kappa shape index (κ2) is 6.62. The Morgan fingerprint density at radius 1 is 1.08 bits per heavy atom. The first-order chi connectivity index (χ1) is 12.2. The van der Waals surface area contributed by atoms with Gasteiger partial charge in [-0.25, -0.2) is 4.98 Å². The SMILES string of the molecule is O=c1[nH]c(CNc2nnc(-c3ccc(Cl)cc3)s2)nc2ccccc12. The molecule has 0 saturated heterocycles. The normalized spacial score (nSPS) is 10.9. The van der Waals surface area contributed by atoms with Crippen molar-refractivity contribution in [3.05, 3.63) is 69.7 Å². The highest BCUT2D eigenvalue weighted by molar-refractivity contribution is 7.18. The molecule has 0 aliphatic heterocycles. The minimum Gasteiger partial charge on any atom is -0.353 e. The van der Waals surface area contributed by atoms with E-state index in [2.05, 4.69) is 25.5 Å². The van der Waals surface area contributed by atoms with Gasteiger partial charge in [0.05, 0.1) is 17.4 Å². The Morgan fingerprint density at radius 3 is 2.72 bits per heavy atom. The molecule has 2 N–H and O–H groups in total. The molecule has 25 heavy (non-hydrogen) atoms. The molecule has 0 saturated carbocycles. The minimum absolute atomic E-state index is 0.151. The first kappa shape index (κ1) is 15.7. The Hall–Kier alpha value is -2.77. The molecule has 4 aromatic rings. The number of nitrogens with one attached hydrogen (secondary N) is 2. The van der Waals surface area contributed by atoms with E-state index in [1.165, 1.54) is 11.3 Å². The maximum Gasteiger partial charge on any atom is 0.258 e. The Bertz CT molecular complexity index is 1090. The van der Waals surface area contributed by atoms with Crippen molar-refractivity contribution in [2.24, 2.45) is 0 Å². The van der Waals surface area contributed by atoms with Crippen molar-refractivity contribution < 1.29 is 0 Å². The fourth-order valence-corrected chi connectivity index (χ4v) is 3.25. The number of nitrogens with zero attached hydrogens (tertiary/aromatic N) is 3. The van der Waals surface area contributed by atoms with Gasteiger partial charge in [-0.05, 0) is 24.3 Å². The van der Waals surface area contributed by atoms with E-state index < -0.39 is 0 Å². The zero-order valence-corrected chi connectivity index (χ0v) is 14.4. The fourth-order valence-electron chi connectivity index (χ4n) is 2.38. The van der Waals surface area contributed by atoms with Crippen LogP contribution in [0.4, 0.5) is 5.13 Å². The number of aromatic amines is 1. The quantitative estimate of drug-likeness (QED) is 0.573. The molecule has 2 heterocycles. The lowest BCUT2D eigenvalue weighted by molar-refractivity contribution is 0.942. The summed E-state index contributed by atoms with van der Waals surface area (Å²) in [6.07, 6.45) is 0. The van der Waals surface area contributed by atoms with Crippen LogP contribution in [0.5, 0.6) is 0 Å². The van der Waals surface area contributed by atoms with E-state index >= 15 is 0 Å². The van der Waals surface area contributed by atoms with Gasteiger partial charge in [-0.2, -0.15) is 0 Å². The second-order valence-electron chi connectivity index (χ2n) is 5.30. The molecule has 0 radical (unpaired) electrons. The zero-order valence-electron chi connectivity index (χ0n) is 12.9. The molecule has 0 amide bonds. The van der Waals surface area contributed by atoms with Crippen LogP contribution in [0.15, 0.2) is 53.3 Å². The van der Waals surface area contributed by atoms with Gasteiger partial charge >= 0.3 is 0 Å². The second-order valence-corrected chi connectivity index (χ2v) is 6.72. The molecule has 6 nitrogen and oxygen atoms in total. The largest absolute Gasteiger partial charge is 0.353 e. The molecule has 0 bridgehead atoms. The summed E-state index contributed by atoms with van der Waals surface area (Å²) in [5.74, 6) is 0.548. The van der Waals surface area contributed by atoms with Gasteiger partial charge in [0.1, 0.15) is 10.8 Å². The van der Waals surface area contributed by atoms with Gasteiger partial charge in [-0.15, -0.1) is 10.2 Å². The molecule has 0 fully saturated rings. The molecule has 2 aromatic heterocycles. The van der Waals surface area contributed by atoms with Gasteiger partial charge in [0.15, 0.2) is 0 Å². The average Bonchev–Trinajstić information content (AvgIpc) is 3.10. The first-order valence-corrected chi connectivity index (χ1v) is 8.70. The third-order valence-corrected chi connectivity index (χ3v) is 4.77. The summed E-state index contributed by atoms with van der Waals surface area (Å²) >= 11 is 7.32. The van der Waals surface area contributed by atoms with Crippen LogP contribution < -0.4 is 10.9 Å². The topological polar surface area (TPSA) is 83.6 Å². The summed E-state index contributed by atoms with van der Waals surface area (Å²) in [7, 11) is 0. The lowest BCUT2D eigenvalue weighted by Gasteiger charge is -2.03. The molecule has 0 spiro atoms. The van der Waals surface area contributed by atoms with Crippen LogP contribution in [-0.4, -0.2) is 20.2 Å². The minimum atomic E-state index is -0.151. The summed E-state index contributed by atoms with van der Waals surface area (Å²) in [6, 6.07) is 14.7. The highest BCUT2D eigenvalue weighted by Crippen LogP contribution is 2.27. The van der Waals surface area contributed by atoms with E-state index in [9.17, 15) is 4.79 Å². The lowest BCUT2D eigenvalue weighted by Crippen LogP contribution is -2.14. The number of anilines is 1. The van der Waals surface area contributed by atoms with Crippen LogP contribution in [0.3, 0.4) is 0 Å². The van der Waals surface area contributed by atoms with Crippen molar-refractivity contribution in [3.8, 4) is 10.6 Å². The molecule has 124 valence electrons. The first-order valence-electron chi connectivity index (χ1n) is 7.50. The van der Waals surface area contributed by atoms with Gasteiger partial charge in [0, 0.05) is 10.6 Å².